The van der Waals surface area contributed by atoms with E-state index in [0.29, 0.717) is 16.8 Å². The van der Waals surface area contributed by atoms with E-state index in [0.717, 1.165) is 10.1 Å². The minimum absolute atomic E-state index is 0.145. The van der Waals surface area contributed by atoms with Crippen molar-refractivity contribution in [3.05, 3.63) is 88.9 Å². The number of carbonyl (C=O) groups is 1. The molecule has 0 unspecified atom stereocenters. The molecule has 1 amide bonds. The number of para-hydroxylation sites is 1. The number of hydrogen-bond acceptors (Lipinski definition) is 2. The fourth-order valence-electron chi connectivity index (χ4n) is 2.75. The van der Waals surface area contributed by atoms with Crippen LogP contribution in [0.25, 0.3) is 16.9 Å². The average Bonchev–Trinajstić information content (AvgIpc) is 3.06. The van der Waals surface area contributed by atoms with Gasteiger partial charge in [0, 0.05) is 28.0 Å². The van der Waals surface area contributed by atoms with Crippen LogP contribution in [0, 0.1) is 5.82 Å². The van der Waals surface area contributed by atoms with Crippen LogP contribution in [-0.4, -0.2) is 15.3 Å². The number of hydrogen-bond donors (Lipinski definition) is 1. The Hall–Kier alpha value is -2.99. The van der Waals surface area contributed by atoms with Crippen LogP contribution in [0.15, 0.2) is 77.5 Å². The maximum Gasteiger partial charge on any atom is 0.256 e. The number of halogens is 2. The van der Waals surface area contributed by atoms with Gasteiger partial charge in [-0.1, -0.05) is 30.3 Å². The molecule has 128 valence electrons. The van der Waals surface area contributed by atoms with Crippen molar-refractivity contribution in [1.82, 2.24) is 9.38 Å². The van der Waals surface area contributed by atoms with Crippen LogP contribution in [0.4, 0.5) is 10.1 Å². The highest BCUT2D eigenvalue weighted by atomic mass is 79.9. The monoisotopic (exact) mass is 409 g/mol. The molecule has 0 aliphatic heterocycles. The first-order chi connectivity index (χ1) is 12.6. The summed E-state index contributed by atoms with van der Waals surface area (Å²) in [6.07, 6.45) is 3.75. The summed E-state index contributed by atoms with van der Waals surface area (Å²) in [5, 5.41) is 2.62. The molecule has 0 bridgehead atoms. The zero-order chi connectivity index (χ0) is 18.1. The van der Waals surface area contributed by atoms with Crippen molar-refractivity contribution in [2.45, 2.75) is 0 Å². The van der Waals surface area contributed by atoms with E-state index in [1.54, 1.807) is 24.3 Å². The van der Waals surface area contributed by atoms with E-state index in [9.17, 15) is 9.18 Å². The summed E-state index contributed by atoms with van der Waals surface area (Å²) in [6.45, 7) is 0. The molecular weight excluding hydrogens is 397 g/mol. The van der Waals surface area contributed by atoms with Crippen LogP contribution in [0.2, 0.25) is 0 Å². The fourth-order valence-corrected chi connectivity index (χ4v) is 3.10. The first-order valence-electron chi connectivity index (χ1n) is 7.91. The lowest BCUT2D eigenvalue weighted by molar-refractivity contribution is 0.102. The molecule has 0 atom stereocenters. The van der Waals surface area contributed by atoms with Crippen LogP contribution in [0.5, 0.6) is 0 Å². The summed E-state index contributed by atoms with van der Waals surface area (Å²) in [5.74, 6) is -0.861. The second kappa shape index (κ2) is 6.72. The Bertz CT molecular complexity index is 1120. The van der Waals surface area contributed by atoms with Gasteiger partial charge in [0.05, 0.1) is 11.4 Å². The van der Waals surface area contributed by atoms with E-state index in [2.05, 4.69) is 26.2 Å². The summed E-state index contributed by atoms with van der Waals surface area (Å²) < 4.78 is 16.6. The smallest absolute Gasteiger partial charge is 0.256 e. The maximum absolute atomic E-state index is 13.8. The molecule has 0 aliphatic carbocycles. The number of pyridine rings is 1. The number of amides is 1. The van der Waals surface area contributed by atoms with E-state index in [4.69, 9.17) is 0 Å². The lowest BCUT2D eigenvalue weighted by atomic mass is 10.0. The van der Waals surface area contributed by atoms with Crippen LogP contribution < -0.4 is 5.32 Å². The van der Waals surface area contributed by atoms with Crippen molar-refractivity contribution in [1.29, 1.82) is 0 Å². The first-order valence-corrected chi connectivity index (χ1v) is 8.71. The van der Waals surface area contributed by atoms with E-state index >= 15 is 0 Å². The van der Waals surface area contributed by atoms with E-state index in [1.165, 1.54) is 12.1 Å². The molecule has 4 rings (SSSR count). The minimum Gasteiger partial charge on any atom is -0.319 e. The van der Waals surface area contributed by atoms with Gasteiger partial charge < -0.3 is 9.72 Å². The lowest BCUT2D eigenvalue weighted by Gasteiger charge is -2.09. The molecule has 6 heteroatoms. The summed E-state index contributed by atoms with van der Waals surface area (Å²) in [6, 6.07) is 17.0. The number of anilines is 1. The lowest BCUT2D eigenvalue weighted by Crippen LogP contribution is -2.14. The van der Waals surface area contributed by atoms with E-state index in [1.807, 2.05) is 41.1 Å². The van der Waals surface area contributed by atoms with Gasteiger partial charge in [-0.15, -0.1) is 0 Å². The maximum atomic E-state index is 13.8. The number of aromatic nitrogens is 2. The molecular formula is C20H13BrFN3O. The standard InChI is InChI=1S/C20H13BrFN3O/c21-13-9-10-19-23-18(12-25(19)11-13)14-5-1-2-6-15(14)20(26)24-17-8-4-3-7-16(17)22/h1-12H,(H,24,26). The molecule has 0 spiro atoms. The molecule has 0 radical (unpaired) electrons. The van der Waals surface area contributed by atoms with Gasteiger partial charge in [-0.2, -0.15) is 0 Å². The molecule has 2 heterocycles. The van der Waals surface area contributed by atoms with E-state index < -0.39 is 5.82 Å². The van der Waals surface area contributed by atoms with Gasteiger partial charge in [0.2, 0.25) is 0 Å². The van der Waals surface area contributed by atoms with E-state index in [-0.39, 0.29) is 11.6 Å². The van der Waals surface area contributed by atoms with Crippen molar-refractivity contribution in [3.63, 3.8) is 0 Å². The third kappa shape index (κ3) is 3.11. The second-order valence-corrected chi connectivity index (χ2v) is 6.63. The van der Waals surface area contributed by atoms with Crippen molar-refractivity contribution in [2.24, 2.45) is 0 Å². The highest BCUT2D eigenvalue weighted by molar-refractivity contribution is 9.10. The average molecular weight is 410 g/mol. The van der Waals surface area contributed by atoms with Gasteiger partial charge in [-0.25, -0.2) is 9.37 Å². The Morgan fingerprint density at radius 3 is 2.62 bits per heavy atom. The fraction of sp³-hybridized carbons (Fsp3) is 0. The summed E-state index contributed by atoms with van der Waals surface area (Å²) in [7, 11) is 0. The number of rotatable bonds is 3. The Morgan fingerprint density at radius 1 is 1.00 bits per heavy atom. The number of nitrogens with one attached hydrogen (secondary N) is 1. The van der Waals surface area contributed by atoms with Crippen LogP contribution >= 0.6 is 15.9 Å². The van der Waals surface area contributed by atoms with Gasteiger partial charge in [0.1, 0.15) is 11.5 Å². The van der Waals surface area contributed by atoms with Crippen molar-refractivity contribution >= 4 is 33.2 Å². The molecule has 2 aromatic heterocycles. The van der Waals surface area contributed by atoms with Gasteiger partial charge in [-0.3, -0.25) is 4.79 Å². The predicted molar refractivity (Wildman–Crippen MR) is 103 cm³/mol. The molecule has 0 fully saturated rings. The normalized spacial score (nSPS) is 10.8. The highest BCUT2D eigenvalue weighted by Crippen LogP contribution is 2.25. The van der Waals surface area contributed by atoms with Gasteiger partial charge in [-0.05, 0) is 46.3 Å². The summed E-state index contributed by atoms with van der Waals surface area (Å²) in [4.78, 5) is 17.3. The summed E-state index contributed by atoms with van der Waals surface area (Å²) in [5.41, 5.74) is 2.69. The minimum atomic E-state index is -0.476. The number of carbonyl (C=O) groups excluding carboxylic acids is 1. The quantitative estimate of drug-likeness (QED) is 0.508. The van der Waals surface area contributed by atoms with Gasteiger partial charge in [0.25, 0.3) is 5.91 Å². The van der Waals surface area contributed by atoms with Crippen LogP contribution in [0.1, 0.15) is 10.4 Å². The van der Waals surface area contributed by atoms with Crippen molar-refractivity contribution < 1.29 is 9.18 Å². The Morgan fingerprint density at radius 2 is 1.77 bits per heavy atom. The second-order valence-electron chi connectivity index (χ2n) is 5.72. The number of nitrogens with zero attached hydrogens (tertiary/aromatic N) is 2. The number of imidazole rings is 1. The first kappa shape index (κ1) is 16.5. The Balaban J connectivity index is 1.74. The topological polar surface area (TPSA) is 46.4 Å². The zero-order valence-electron chi connectivity index (χ0n) is 13.5. The van der Waals surface area contributed by atoms with Crippen LogP contribution in [0.3, 0.4) is 0 Å². The van der Waals surface area contributed by atoms with Gasteiger partial charge >= 0.3 is 0 Å². The molecule has 0 aliphatic rings. The van der Waals surface area contributed by atoms with Gasteiger partial charge in [0.15, 0.2) is 0 Å². The van der Waals surface area contributed by atoms with Crippen molar-refractivity contribution in [2.75, 3.05) is 5.32 Å². The predicted octanol–water partition coefficient (Wildman–Crippen LogP) is 5.16. The molecule has 26 heavy (non-hydrogen) atoms. The molecule has 4 nitrogen and oxygen atoms in total. The Kier molecular flexibility index (Phi) is 4.26. The van der Waals surface area contributed by atoms with Crippen LogP contribution in [-0.2, 0) is 0 Å². The SMILES string of the molecule is O=C(Nc1ccccc1F)c1ccccc1-c1cn2cc(Br)ccc2n1. The third-order valence-corrected chi connectivity index (χ3v) is 4.45. The molecule has 1 N–H and O–H groups in total. The third-order valence-electron chi connectivity index (χ3n) is 3.98. The zero-order valence-corrected chi connectivity index (χ0v) is 15.1. The molecule has 0 saturated heterocycles. The molecule has 4 aromatic rings. The number of benzene rings is 2. The molecule has 0 saturated carbocycles. The largest absolute Gasteiger partial charge is 0.319 e. The summed E-state index contributed by atoms with van der Waals surface area (Å²) >= 11 is 3.43. The Labute approximate surface area is 157 Å². The highest BCUT2D eigenvalue weighted by Gasteiger charge is 2.16. The molecule has 2 aromatic carbocycles. The van der Waals surface area contributed by atoms with Crippen molar-refractivity contribution in [3.8, 4) is 11.3 Å². The number of fused-ring (bicyclic) bond motifs is 1.